The summed E-state index contributed by atoms with van der Waals surface area (Å²) in [6.07, 6.45) is 1.57. The van der Waals surface area contributed by atoms with Crippen molar-refractivity contribution in [1.29, 1.82) is 0 Å². The van der Waals surface area contributed by atoms with Crippen molar-refractivity contribution in [2.75, 3.05) is 13.7 Å². The highest BCUT2D eigenvalue weighted by Gasteiger charge is 2.35. The zero-order valence-corrected chi connectivity index (χ0v) is 16.2. The third-order valence-corrected chi connectivity index (χ3v) is 4.89. The molecule has 7 nitrogen and oxygen atoms in total. The number of ether oxygens (including phenoxy) is 2. The molecule has 150 valence electrons. The molecule has 2 aromatic carbocycles. The van der Waals surface area contributed by atoms with Crippen LogP contribution in [0.3, 0.4) is 0 Å². The number of carbonyl (C=O) groups excluding carboxylic acids is 3. The van der Waals surface area contributed by atoms with Crippen LogP contribution in [0.15, 0.2) is 47.4 Å². The summed E-state index contributed by atoms with van der Waals surface area (Å²) in [7, 11) is 1.44. The minimum Gasteiger partial charge on any atom is -0.493 e. The van der Waals surface area contributed by atoms with Crippen LogP contribution in [0.25, 0.3) is 6.08 Å². The molecule has 2 aromatic rings. The molecule has 0 spiro atoms. The van der Waals surface area contributed by atoms with Crippen molar-refractivity contribution in [3.05, 3.63) is 64.3 Å². The van der Waals surface area contributed by atoms with Crippen LogP contribution in [0, 0.1) is 5.82 Å². The predicted octanol–water partition coefficient (Wildman–Crippen LogP) is 2.93. The summed E-state index contributed by atoms with van der Waals surface area (Å²) in [5.41, 5.74) is 6.32. The Morgan fingerprint density at radius 1 is 1.17 bits per heavy atom. The lowest BCUT2D eigenvalue weighted by atomic mass is 10.1. The van der Waals surface area contributed by atoms with Crippen molar-refractivity contribution in [2.24, 2.45) is 5.73 Å². The van der Waals surface area contributed by atoms with Crippen molar-refractivity contribution in [3.8, 4) is 11.5 Å². The molecule has 1 aliphatic rings. The summed E-state index contributed by atoms with van der Waals surface area (Å²) in [4.78, 5) is 37.1. The lowest BCUT2D eigenvalue weighted by molar-refractivity contribution is -0.123. The van der Waals surface area contributed by atoms with Gasteiger partial charge in [-0.3, -0.25) is 19.3 Å². The molecule has 0 radical (unpaired) electrons. The number of carbonyl (C=O) groups is 3. The van der Waals surface area contributed by atoms with E-state index >= 15 is 0 Å². The van der Waals surface area contributed by atoms with Gasteiger partial charge in [-0.1, -0.05) is 18.2 Å². The lowest BCUT2D eigenvalue weighted by Crippen LogP contribution is -2.27. The van der Waals surface area contributed by atoms with E-state index in [9.17, 15) is 18.8 Å². The van der Waals surface area contributed by atoms with E-state index in [2.05, 4.69) is 0 Å². The zero-order chi connectivity index (χ0) is 21.0. The fourth-order valence-electron chi connectivity index (χ4n) is 2.60. The Labute approximate surface area is 170 Å². The van der Waals surface area contributed by atoms with E-state index in [0.29, 0.717) is 22.6 Å². The molecule has 0 saturated carbocycles. The number of halogens is 1. The maximum absolute atomic E-state index is 13.0. The minimum atomic E-state index is -0.619. The lowest BCUT2D eigenvalue weighted by Gasteiger charge is -2.12. The van der Waals surface area contributed by atoms with E-state index in [1.807, 2.05) is 0 Å². The van der Waals surface area contributed by atoms with E-state index in [4.69, 9.17) is 15.2 Å². The first-order valence-electron chi connectivity index (χ1n) is 8.46. The summed E-state index contributed by atoms with van der Waals surface area (Å²) >= 11 is 0.822. The maximum Gasteiger partial charge on any atom is 0.293 e. The molecule has 0 aromatic heterocycles. The van der Waals surface area contributed by atoms with Crippen molar-refractivity contribution in [2.45, 2.75) is 6.54 Å². The highest BCUT2D eigenvalue weighted by Crippen LogP contribution is 2.35. The van der Waals surface area contributed by atoms with Gasteiger partial charge in [0.25, 0.3) is 17.1 Å². The van der Waals surface area contributed by atoms with Crippen LogP contribution in [-0.2, 0) is 16.1 Å². The van der Waals surface area contributed by atoms with Crippen LogP contribution in [0.4, 0.5) is 9.18 Å². The fraction of sp³-hybridized carbons (Fsp3) is 0.150. The van der Waals surface area contributed by atoms with E-state index in [-0.39, 0.29) is 23.9 Å². The Kier molecular flexibility index (Phi) is 6.18. The molecule has 1 heterocycles. The summed E-state index contributed by atoms with van der Waals surface area (Å²) in [5, 5.41) is -0.404. The fourth-order valence-corrected chi connectivity index (χ4v) is 3.44. The second-order valence-electron chi connectivity index (χ2n) is 6.06. The molecule has 9 heteroatoms. The monoisotopic (exact) mass is 416 g/mol. The highest BCUT2D eigenvalue weighted by molar-refractivity contribution is 8.18. The molecule has 1 aliphatic heterocycles. The molecule has 1 saturated heterocycles. The first kappa shape index (κ1) is 20.4. The largest absolute Gasteiger partial charge is 0.493 e. The van der Waals surface area contributed by atoms with Gasteiger partial charge in [0.15, 0.2) is 18.1 Å². The Hall–Kier alpha value is -3.33. The molecule has 1 fully saturated rings. The standard InChI is InChI=1S/C20H17FN2O5S/c1-27-16-8-13(4-7-15(16)28-11-18(22)24)9-17-19(25)23(20(26)29-17)10-12-2-5-14(21)6-3-12/h2-9H,10-11H2,1H3,(H2,22,24)/b17-9-. The molecule has 29 heavy (non-hydrogen) atoms. The second-order valence-corrected chi connectivity index (χ2v) is 7.05. The second kappa shape index (κ2) is 8.78. The van der Waals surface area contributed by atoms with Gasteiger partial charge in [0.2, 0.25) is 0 Å². The number of amides is 3. The summed E-state index contributed by atoms with van der Waals surface area (Å²) in [5.74, 6) is -0.762. The van der Waals surface area contributed by atoms with Gasteiger partial charge in [0.1, 0.15) is 5.82 Å². The van der Waals surface area contributed by atoms with Crippen LogP contribution in [0.2, 0.25) is 0 Å². The molecule has 0 aliphatic carbocycles. The quantitative estimate of drug-likeness (QED) is 0.697. The number of hydrogen-bond donors (Lipinski definition) is 1. The zero-order valence-electron chi connectivity index (χ0n) is 15.4. The SMILES string of the molecule is COc1cc(/C=C2\SC(=O)N(Cc3ccc(F)cc3)C2=O)ccc1OCC(N)=O. The van der Waals surface area contributed by atoms with Gasteiger partial charge in [-0.25, -0.2) is 4.39 Å². The van der Waals surface area contributed by atoms with E-state index < -0.39 is 17.1 Å². The first-order chi connectivity index (χ1) is 13.9. The van der Waals surface area contributed by atoms with Crippen LogP contribution in [0.1, 0.15) is 11.1 Å². The van der Waals surface area contributed by atoms with E-state index in [1.165, 1.54) is 31.4 Å². The molecular weight excluding hydrogens is 399 g/mol. The number of methoxy groups -OCH3 is 1. The molecule has 0 unspecified atom stereocenters. The van der Waals surface area contributed by atoms with Crippen LogP contribution in [0.5, 0.6) is 11.5 Å². The Morgan fingerprint density at radius 2 is 1.90 bits per heavy atom. The molecular formula is C20H17FN2O5S. The summed E-state index contributed by atoms with van der Waals surface area (Å²) in [6, 6.07) is 10.5. The minimum absolute atomic E-state index is 0.0610. The van der Waals surface area contributed by atoms with Crippen LogP contribution < -0.4 is 15.2 Å². The van der Waals surface area contributed by atoms with Crippen molar-refractivity contribution < 1.29 is 28.2 Å². The number of primary amides is 1. The Balaban J connectivity index is 1.78. The number of nitrogens with zero attached hydrogens (tertiary/aromatic N) is 1. The third-order valence-electron chi connectivity index (χ3n) is 3.98. The molecule has 0 bridgehead atoms. The number of thioether (sulfide) groups is 1. The number of rotatable bonds is 7. The molecule has 3 amide bonds. The number of benzene rings is 2. The topological polar surface area (TPSA) is 98.9 Å². The third kappa shape index (κ3) is 4.94. The predicted molar refractivity (Wildman–Crippen MR) is 106 cm³/mol. The van der Waals surface area contributed by atoms with E-state index in [0.717, 1.165) is 16.7 Å². The summed E-state index contributed by atoms with van der Waals surface area (Å²) in [6.45, 7) is -0.233. The van der Waals surface area contributed by atoms with Crippen LogP contribution >= 0.6 is 11.8 Å². The molecule has 3 rings (SSSR count). The average Bonchev–Trinajstić information content (AvgIpc) is 2.95. The van der Waals surface area contributed by atoms with Crippen LogP contribution in [-0.4, -0.2) is 35.7 Å². The Bertz CT molecular complexity index is 991. The van der Waals surface area contributed by atoms with Gasteiger partial charge in [0.05, 0.1) is 18.6 Å². The maximum atomic E-state index is 13.0. The Morgan fingerprint density at radius 3 is 2.55 bits per heavy atom. The van der Waals surface area contributed by atoms with Gasteiger partial charge < -0.3 is 15.2 Å². The van der Waals surface area contributed by atoms with Crippen molar-refractivity contribution in [1.82, 2.24) is 4.90 Å². The molecule has 0 atom stereocenters. The smallest absolute Gasteiger partial charge is 0.293 e. The number of hydrogen-bond acceptors (Lipinski definition) is 6. The highest BCUT2D eigenvalue weighted by atomic mass is 32.2. The van der Waals surface area contributed by atoms with Gasteiger partial charge in [-0.15, -0.1) is 0 Å². The van der Waals surface area contributed by atoms with Gasteiger partial charge in [-0.2, -0.15) is 0 Å². The number of nitrogens with two attached hydrogens (primary N) is 1. The molecule has 2 N–H and O–H groups in total. The average molecular weight is 416 g/mol. The van der Waals surface area contributed by atoms with Gasteiger partial charge >= 0.3 is 0 Å². The van der Waals surface area contributed by atoms with E-state index in [1.54, 1.807) is 24.3 Å². The van der Waals surface area contributed by atoms with Crippen molar-refractivity contribution >= 4 is 34.9 Å². The number of imide groups is 1. The normalized spacial score (nSPS) is 15.1. The van der Waals surface area contributed by atoms with Crippen molar-refractivity contribution in [3.63, 3.8) is 0 Å². The summed E-state index contributed by atoms with van der Waals surface area (Å²) < 4.78 is 23.5. The first-order valence-corrected chi connectivity index (χ1v) is 9.28. The van der Waals surface area contributed by atoms with Gasteiger partial charge in [-0.05, 0) is 53.2 Å². The van der Waals surface area contributed by atoms with Gasteiger partial charge in [0, 0.05) is 0 Å².